The Morgan fingerprint density at radius 1 is 0.518 bits per heavy atom. The van der Waals surface area contributed by atoms with Crippen LogP contribution in [0.3, 0.4) is 0 Å². The summed E-state index contributed by atoms with van der Waals surface area (Å²) in [5.41, 5.74) is 0. The molecule has 1 N–H and O–H groups in total. The molecule has 0 amide bonds. The van der Waals surface area contributed by atoms with Gasteiger partial charge in [0, 0.05) is 19.3 Å². The molecule has 0 radical (unpaired) electrons. The minimum absolute atomic E-state index is 0.0556. The number of carbonyl (C=O) groups excluding carboxylic acids is 2. The van der Waals surface area contributed by atoms with E-state index in [0.29, 0.717) is 19.3 Å². The average molecular weight is 793 g/mol. The highest BCUT2D eigenvalue weighted by Crippen LogP contribution is 2.14. The summed E-state index contributed by atoms with van der Waals surface area (Å²) in [6.45, 7) is 4.73. The smallest absolute Gasteiger partial charge is 0.362 e. The summed E-state index contributed by atoms with van der Waals surface area (Å²) in [6.07, 6.45) is 43.6. The third kappa shape index (κ3) is 37.4. The fraction of sp³-hybridized carbons (Fsp3) is 0.854. The van der Waals surface area contributed by atoms with E-state index in [9.17, 15) is 19.5 Å². The Morgan fingerprint density at radius 2 is 0.893 bits per heavy atom. The molecule has 0 aliphatic heterocycles. The fourth-order valence-corrected chi connectivity index (χ4v) is 6.90. The number of likely N-dealkylation sites (N-methyl/N-ethyl adjacent to an activating group) is 1. The highest BCUT2D eigenvalue weighted by atomic mass is 16.6. The van der Waals surface area contributed by atoms with Crippen molar-refractivity contribution in [2.24, 2.45) is 0 Å². The van der Waals surface area contributed by atoms with E-state index in [1.165, 1.54) is 122 Å². The van der Waals surface area contributed by atoms with Crippen molar-refractivity contribution in [2.45, 2.75) is 225 Å². The molecule has 0 aliphatic rings. The second kappa shape index (κ2) is 39.6. The van der Waals surface area contributed by atoms with Gasteiger partial charge in [-0.1, -0.05) is 154 Å². The summed E-state index contributed by atoms with van der Waals surface area (Å²) in [6, 6.07) is -0.615. The minimum Gasteiger partial charge on any atom is -0.477 e. The number of nitrogens with zero attached hydrogens (tertiary/aromatic N) is 1. The van der Waals surface area contributed by atoms with Crippen LogP contribution in [0.1, 0.15) is 213 Å². The van der Waals surface area contributed by atoms with Gasteiger partial charge in [0.2, 0.25) is 0 Å². The summed E-state index contributed by atoms with van der Waals surface area (Å²) in [4.78, 5) is 37.0. The van der Waals surface area contributed by atoms with Crippen molar-refractivity contribution < 1.29 is 38.2 Å². The number of carboxylic acids is 1. The molecule has 8 heteroatoms. The predicted octanol–water partition coefficient (Wildman–Crippen LogP) is 12.9. The molecule has 0 spiro atoms. The van der Waals surface area contributed by atoms with E-state index in [2.05, 4.69) is 38.2 Å². The van der Waals surface area contributed by atoms with Crippen LogP contribution in [0.15, 0.2) is 24.3 Å². The number of carboxylic acid groups (broad SMARTS) is 1. The molecule has 8 nitrogen and oxygen atoms in total. The number of aliphatic carboxylic acids is 1. The van der Waals surface area contributed by atoms with Crippen molar-refractivity contribution in [2.75, 3.05) is 41.0 Å². The van der Waals surface area contributed by atoms with Gasteiger partial charge in [-0.05, 0) is 64.2 Å². The first-order valence-corrected chi connectivity index (χ1v) is 23.4. The maximum atomic E-state index is 12.7. The molecule has 2 unspecified atom stereocenters. The zero-order valence-electron chi connectivity index (χ0n) is 37.3. The van der Waals surface area contributed by atoms with E-state index < -0.39 is 18.1 Å². The summed E-state index contributed by atoms with van der Waals surface area (Å²) < 4.78 is 17.3. The Hall–Kier alpha value is -2.19. The van der Waals surface area contributed by atoms with Gasteiger partial charge in [0.05, 0.1) is 34.4 Å². The van der Waals surface area contributed by atoms with Gasteiger partial charge < -0.3 is 23.8 Å². The second-order valence-electron chi connectivity index (χ2n) is 17.0. The van der Waals surface area contributed by atoms with Crippen molar-refractivity contribution in [3.05, 3.63) is 24.3 Å². The summed E-state index contributed by atoms with van der Waals surface area (Å²) >= 11 is 0. The van der Waals surface area contributed by atoms with E-state index in [-0.39, 0.29) is 36.2 Å². The third-order valence-corrected chi connectivity index (χ3v) is 10.6. The maximum Gasteiger partial charge on any atom is 0.362 e. The van der Waals surface area contributed by atoms with Crippen LogP contribution < -0.4 is 0 Å². The van der Waals surface area contributed by atoms with Crippen molar-refractivity contribution >= 4 is 17.9 Å². The molecule has 0 fully saturated rings. The first-order chi connectivity index (χ1) is 27.1. The molecule has 0 saturated carbocycles. The van der Waals surface area contributed by atoms with E-state index >= 15 is 0 Å². The normalized spacial score (nSPS) is 13.1. The van der Waals surface area contributed by atoms with E-state index in [1.807, 2.05) is 21.1 Å². The van der Waals surface area contributed by atoms with Crippen molar-refractivity contribution in [1.29, 1.82) is 0 Å². The van der Waals surface area contributed by atoms with Crippen LogP contribution in [-0.4, -0.2) is 80.6 Å². The van der Waals surface area contributed by atoms with Gasteiger partial charge >= 0.3 is 17.9 Å². The molecule has 56 heavy (non-hydrogen) atoms. The summed E-state index contributed by atoms with van der Waals surface area (Å²) in [5, 5.41) is 9.62. The molecular weight excluding hydrogens is 703 g/mol. The highest BCUT2D eigenvalue weighted by molar-refractivity contribution is 5.72. The third-order valence-electron chi connectivity index (χ3n) is 10.6. The van der Waals surface area contributed by atoms with Gasteiger partial charge in [0.25, 0.3) is 0 Å². The summed E-state index contributed by atoms with van der Waals surface area (Å²) in [7, 11) is 5.53. The van der Waals surface area contributed by atoms with Gasteiger partial charge in [0.1, 0.15) is 6.61 Å². The van der Waals surface area contributed by atoms with Gasteiger partial charge in [-0.2, -0.15) is 0 Å². The number of allylic oxidation sites excluding steroid dienone is 4. The van der Waals surface area contributed by atoms with Gasteiger partial charge in [-0.25, -0.2) is 4.79 Å². The Balaban J connectivity index is 4.33. The van der Waals surface area contributed by atoms with Crippen LogP contribution in [-0.2, 0) is 28.6 Å². The predicted molar refractivity (Wildman–Crippen MR) is 234 cm³/mol. The zero-order valence-corrected chi connectivity index (χ0v) is 37.3. The van der Waals surface area contributed by atoms with Crippen LogP contribution in [0, 0.1) is 0 Å². The lowest BCUT2D eigenvalue weighted by atomic mass is 10.1. The first kappa shape index (κ1) is 53.8. The SMILES string of the molecule is CCCCCCCCC/C=C/CCCCCCCC(=O)OCC(COCCC(C(=O)O)[N+](C)(C)C)OC(=O)CCCCCCC/C=C/CCCCCCCCC. The number of ether oxygens (including phenoxy) is 3. The Morgan fingerprint density at radius 3 is 1.29 bits per heavy atom. The van der Waals surface area contributed by atoms with E-state index in [0.717, 1.165) is 57.8 Å². The first-order valence-electron chi connectivity index (χ1n) is 23.4. The number of unbranched alkanes of at least 4 members (excludes halogenated alkanes) is 24. The second-order valence-corrected chi connectivity index (χ2v) is 17.0. The van der Waals surface area contributed by atoms with Crippen LogP contribution in [0.5, 0.6) is 0 Å². The van der Waals surface area contributed by atoms with E-state index in [4.69, 9.17) is 14.2 Å². The average Bonchev–Trinajstić information content (AvgIpc) is 3.15. The number of carbonyl (C=O) groups is 3. The van der Waals surface area contributed by atoms with Gasteiger partial charge in [0.15, 0.2) is 12.1 Å². The molecule has 2 atom stereocenters. The largest absolute Gasteiger partial charge is 0.477 e. The summed E-state index contributed by atoms with van der Waals surface area (Å²) in [5.74, 6) is -1.48. The molecular formula is C48H90NO7+. The lowest BCUT2D eigenvalue weighted by molar-refractivity contribution is -0.887. The molecule has 0 heterocycles. The van der Waals surface area contributed by atoms with E-state index in [1.54, 1.807) is 0 Å². The molecule has 0 aromatic rings. The molecule has 0 rings (SSSR count). The monoisotopic (exact) mass is 793 g/mol. The number of quaternary nitrogens is 1. The highest BCUT2D eigenvalue weighted by Gasteiger charge is 2.31. The Kier molecular flexibility index (Phi) is 38.1. The molecule has 0 bridgehead atoms. The van der Waals surface area contributed by atoms with Crippen molar-refractivity contribution in [3.8, 4) is 0 Å². The quantitative estimate of drug-likeness (QED) is 0.0284. The van der Waals surface area contributed by atoms with Crippen molar-refractivity contribution in [1.82, 2.24) is 0 Å². The van der Waals surface area contributed by atoms with Crippen LogP contribution >= 0.6 is 0 Å². The number of rotatable bonds is 42. The molecule has 0 aliphatic carbocycles. The number of hydrogen-bond donors (Lipinski definition) is 1. The van der Waals surface area contributed by atoms with Gasteiger partial charge in [-0.15, -0.1) is 0 Å². The minimum atomic E-state index is -0.876. The topological polar surface area (TPSA) is 99.1 Å². The zero-order chi connectivity index (χ0) is 41.4. The Bertz CT molecular complexity index is 973. The molecule has 0 saturated heterocycles. The van der Waals surface area contributed by atoms with Gasteiger partial charge in [-0.3, -0.25) is 9.59 Å². The lowest BCUT2D eigenvalue weighted by Crippen LogP contribution is -2.50. The van der Waals surface area contributed by atoms with Crippen LogP contribution in [0.4, 0.5) is 0 Å². The number of hydrogen-bond acceptors (Lipinski definition) is 6. The van der Waals surface area contributed by atoms with Crippen LogP contribution in [0.25, 0.3) is 0 Å². The van der Waals surface area contributed by atoms with Crippen LogP contribution in [0.2, 0.25) is 0 Å². The standard InChI is InChI=1S/C48H89NO7/c1-6-8-10-12-14-16-18-20-22-24-26-28-30-32-34-36-38-46(50)55-43-44(42-54-41-40-45(48(52)53)49(3,4)5)56-47(51)39-37-35-33-31-29-27-25-23-21-19-17-15-13-11-9-7-2/h22-25,44-45H,6-21,26-43H2,1-5H3/p+1/b24-22+,25-23+. The number of esters is 2. The maximum absolute atomic E-state index is 12.7. The van der Waals surface area contributed by atoms with Crippen molar-refractivity contribution in [3.63, 3.8) is 0 Å². The Labute approximate surface area is 345 Å². The fourth-order valence-electron chi connectivity index (χ4n) is 6.90. The molecule has 0 aromatic heterocycles. The lowest BCUT2D eigenvalue weighted by Gasteiger charge is -2.31. The molecule has 328 valence electrons. The molecule has 0 aromatic carbocycles.